The lowest BCUT2D eigenvalue weighted by Gasteiger charge is -2.30. The molecular formula is C18H21NO2. The van der Waals surface area contributed by atoms with E-state index in [1.54, 1.807) is 0 Å². The fourth-order valence-corrected chi connectivity index (χ4v) is 2.95. The summed E-state index contributed by atoms with van der Waals surface area (Å²) in [5.41, 5.74) is 2.37. The number of rotatable bonds is 4. The van der Waals surface area contributed by atoms with E-state index < -0.39 is 0 Å². The predicted octanol–water partition coefficient (Wildman–Crippen LogP) is 3.20. The summed E-state index contributed by atoms with van der Waals surface area (Å²) in [6.45, 7) is 5.29. The molecule has 1 saturated heterocycles. The minimum absolute atomic E-state index is 0.291. The van der Waals surface area contributed by atoms with Gasteiger partial charge in [0.05, 0.1) is 13.2 Å². The number of hydrogen-bond donors (Lipinski definition) is 0. The zero-order valence-electron chi connectivity index (χ0n) is 12.5. The Kier molecular flexibility index (Phi) is 4.20. The lowest BCUT2D eigenvalue weighted by Crippen LogP contribution is -2.36. The molecule has 0 aliphatic carbocycles. The highest BCUT2D eigenvalue weighted by Crippen LogP contribution is 2.31. The van der Waals surface area contributed by atoms with Crippen molar-refractivity contribution in [1.29, 1.82) is 0 Å². The Labute approximate surface area is 125 Å². The number of anilines is 1. The zero-order valence-corrected chi connectivity index (χ0v) is 12.5. The normalized spacial score (nSPS) is 15.4. The third-order valence-electron chi connectivity index (χ3n) is 4.10. The van der Waals surface area contributed by atoms with Crippen molar-refractivity contribution in [3.63, 3.8) is 0 Å². The smallest absolute Gasteiger partial charge is 0.137 e. The first-order chi connectivity index (χ1) is 10.3. The van der Waals surface area contributed by atoms with Crippen LogP contribution >= 0.6 is 0 Å². The number of carbonyl (C=O) groups excluding carboxylic acids is 1. The quantitative estimate of drug-likeness (QED) is 0.863. The molecule has 0 atom stereocenters. The molecule has 1 aliphatic rings. The fraction of sp³-hybridized carbons (Fsp3) is 0.389. The van der Waals surface area contributed by atoms with E-state index in [2.05, 4.69) is 35.2 Å². The van der Waals surface area contributed by atoms with Crippen LogP contribution in [0.25, 0.3) is 10.8 Å². The number of fused-ring (bicyclic) bond motifs is 1. The van der Waals surface area contributed by atoms with Crippen LogP contribution in [0, 0.1) is 0 Å². The maximum absolute atomic E-state index is 11.9. The molecule has 0 spiro atoms. The van der Waals surface area contributed by atoms with E-state index in [1.807, 2.05) is 13.0 Å². The monoisotopic (exact) mass is 283 g/mol. The number of ketones is 1. The minimum atomic E-state index is 0.291. The molecule has 2 aromatic carbocycles. The van der Waals surface area contributed by atoms with Gasteiger partial charge in [0, 0.05) is 37.0 Å². The minimum Gasteiger partial charge on any atom is -0.378 e. The van der Waals surface area contributed by atoms with E-state index in [1.165, 1.54) is 16.5 Å². The summed E-state index contributed by atoms with van der Waals surface area (Å²) < 4.78 is 5.45. The molecule has 0 saturated carbocycles. The Balaban J connectivity index is 2.08. The molecule has 1 fully saturated rings. The third kappa shape index (κ3) is 2.93. The SMILES string of the molecule is CCC(=O)Cc1cccc2cccc(N3CCOCC3)c12. The van der Waals surface area contributed by atoms with Crippen molar-refractivity contribution in [2.75, 3.05) is 31.2 Å². The van der Waals surface area contributed by atoms with Gasteiger partial charge in [-0.3, -0.25) is 4.79 Å². The van der Waals surface area contributed by atoms with Crippen molar-refractivity contribution < 1.29 is 9.53 Å². The van der Waals surface area contributed by atoms with Crippen LogP contribution in [0.15, 0.2) is 36.4 Å². The summed E-state index contributed by atoms with van der Waals surface area (Å²) in [6.07, 6.45) is 1.12. The number of carbonyl (C=O) groups is 1. The Morgan fingerprint density at radius 2 is 1.86 bits per heavy atom. The largest absolute Gasteiger partial charge is 0.378 e. The first kappa shape index (κ1) is 14.1. The van der Waals surface area contributed by atoms with E-state index in [-0.39, 0.29) is 0 Å². The van der Waals surface area contributed by atoms with Gasteiger partial charge in [0.25, 0.3) is 0 Å². The van der Waals surface area contributed by atoms with E-state index in [9.17, 15) is 4.79 Å². The molecule has 3 heteroatoms. The van der Waals surface area contributed by atoms with Gasteiger partial charge in [-0.2, -0.15) is 0 Å². The van der Waals surface area contributed by atoms with Crippen molar-refractivity contribution in [3.05, 3.63) is 42.0 Å². The summed E-state index contributed by atoms with van der Waals surface area (Å²) in [5.74, 6) is 0.291. The highest BCUT2D eigenvalue weighted by Gasteiger charge is 2.16. The van der Waals surface area contributed by atoms with Gasteiger partial charge in [-0.15, -0.1) is 0 Å². The average molecular weight is 283 g/mol. The molecule has 2 aromatic rings. The second kappa shape index (κ2) is 6.27. The number of nitrogens with zero attached hydrogens (tertiary/aromatic N) is 1. The Hall–Kier alpha value is -1.87. The van der Waals surface area contributed by atoms with E-state index >= 15 is 0 Å². The summed E-state index contributed by atoms with van der Waals surface area (Å²) >= 11 is 0. The summed E-state index contributed by atoms with van der Waals surface area (Å²) in [4.78, 5) is 14.2. The van der Waals surface area contributed by atoms with E-state index in [0.29, 0.717) is 18.6 Å². The van der Waals surface area contributed by atoms with Gasteiger partial charge < -0.3 is 9.64 Å². The maximum atomic E-state index is 11.9. The molecule has 1 heterocycles. The zero-order chi connectivity index (χ0) is 14.7. The molecule has 21 heavy (non-hydrogen) atoms. The molecule has 0 radical (unpaired) electrons. The van der Waals surface area contributed by atoms with Gasteiger partial charge in [0.1, 0.15) is 5.78 Å². The molecule has 0 aromatic heterocycles. The van der Waals surface area contributed by atoms with Gasteiger partial charge in [-0.1, -0.05) is 37.3 Å². The fourth-order valence-electron chi connectivity index (χ4n) is 2.95. The summed E-state index contributed by atoms with van der Waals surface area (Å²) in [6, 6.07) is 12.6. The second-order valence-corrected chi connectivity index (χ2v) is 5.46. The number of morpholine rings is 1. The van der Waals surface area contributed by atoms with Crippen molar-refractivity contribution in [1.82, 2.24) is 0 Å². The van der Waals surface area contributed by atoms with Crippen LogP contribution in [0.4, 0.5) is 5.69 Å². The first-order valence-electron chi connectivity index (χ1n) is 7.64. The van der Waals surface area contributed by atoms with Gasteiger partial charge >= 0.3 is 0 Å². The molecule has 1 aliphatic heterocycles. The molecule has 0 N–H and O–H groups in total. The summed E-state index contributed by atoms with van der Waals surface area (Å²) in [7, 11) is 0. The molecule has 3 nitrogen and oxygen atoms in total. The van der Waals surface area contributed by atoms with Gasteiger partial charge in [0.15, 0.2) is 0 Å². The molecular weight excluding hydrogens is 262 g/mol. The van der Waals surface area contributed by atoms with Crippen LogP contribution in [-0.2, 0) is 16.0 Å². The molecule has 110 valence electrons. The number of benzene rings is 2. The van der Waals surface area contributed by atoms with Gasteiger partial charge in [-0.25, -0.2) is 0 Å². The number of hydrogen-bond acceptors (Lipinski definition) is 3. The number of ether oxygens (including phenoxy) is 1. The predicted molar refractivity (Wildman–Crippen MR) is 86.0 cm³/mol. The van der Waals surface area contributed by atoms with Crippen LogP contribution < -0.4 is 4.90 Å². The number of Topliss-reactive ketones (excluding diaryl/α,β-unsaturated/α-hetero) is 1. The summed E-state index contributed by atoms with van der Waals surface area (Å²) in [5, 5.41) is 2.43. The van der Waals surface area contributed by atoms with Crippen molar-refractivity contribution in [3.8, 4) is 0 Å². The highest BCUT2D eigenvalue weighted by atomic mass is 16.5. The topological polar surface area (TPSA) is 29.5 Å². The van der Waals surface area contributed by atoms with Gasteiger partial charge in [0.2, 0.25) is 0 Å². The second-order valence-electron chi connectivity index (χ2n) is 5.46. The van der Waals surface area contributed by atoms with E-state index in [4.69, 9.17) is 4.74 Å². The standard InChI is InChI=1S/C18H21NO2/c1-2-16(20)13-15-7-3-5-14-6-4-8-17(18(14)15)19-9-11-21-12-10-19/h3-8H,2,9-13H2,1H3. The van der Waals surface area contributed by atoms with Crippen LogP contribution in [-0.4, -0.2) is 32.1 Å². The maximum Gasteiger partial charge on any atom is 0.137 e. The van der Waals surface area contributed by atoms with Crippen LogP contribution in [0.5, 0.6) is 0 Å². The van der Waals surface area contributed by atoms with Gasteiger partial charge in [-0.05, 0) is 17.0 Å². The van der Waals surface area contributed by atoms with E-state index in [0.717, 1.165) is 31.9 Å². The lowest BCUT2D eigenvalue weighted by molar-refractivity contribution is -0.118. The molecule has 0 amide bonds. The lowest BCUT2D eigenvalue weighted by atomic mass is 9.97. The van der Waals surface area contributed by atoms with Crippen LogP contribution in [0.3, 0.4) is 0 Å². The molecule has 0 unspecified atom stereocenters. The van der Waals surface area contributed by atoms with Crippen molar-refractivity contribution >= 4 is 22.2 Å². The Morgan fingerprint density at radius 3 is 2.57 bits per heavy atom. The average Bonchev–Trinajstić information content (AvgIpc) is 2.55. The van der Waals surface area contributed by atoms with Crippen molar-refractivity contribution in [2.24, 2.45) is 0 Å². The third-order valence-corrected chi connectivity index (χ3v) is 4.10. The van der Waals surface area contributed by atoms with Crippen LogP contribution in [0.2, 0.25) is 0 Å². The van der Waals surface area contributed by atoms with Crippen LogP contribution in [0.1, 0.15) is 18.9 Å². The first-order valence-corrected chi connectivity index (χ1v) is 7.64. The molecule has 0 bridgehead atoms. The Morgan fingerprint density at radius 1 is 1.14 bits per heavy atom. The Bertz CT molecular complexity index is 639. The van der Waals surface area contributed by atoms with Crippen molar-refractivity contribution in [2.45, 2.75) is 19.8 Å². The highest BCUT2D eigenvalue weighted by molar-refractivity contribution is 5.99. The molecule has 3 rings (SSSR count).